The first-order chi connectivity index (χ1) is 7.61. The summed E-state index contributed by atoms with van der Waals surface area (Å²) >= 11 is -2.38. The van der Waals surface area contributed by atoms with Crippen LogP contribution in [-0.2, 0) is 22.3 Å². The van der Waals surface area contributed by atoms with Crippen LogP contribution in [0.3, 0.4) is 0 Å². The third-order valence-electron chi connectivity index (χ3n) is 2.46. The number of anilines is 1. The van der Waals surface area contributed by atoms with E-state index in [0.29, 0.717) is 24.3 Å². The zero-order valence-corrected chi connectivity index (χ0v) is 12.4. The first-order valence-electron chi connectivity index (χ1n) is 4.72. The molecule has 0 spiro atoms. The van der Waals surface area contributed by atoms with Crippen molar-refractivity contribution in [2.45, 2.75) is 17.7 Å². The Morgan fingerprint density at radius 1 is 1.41 bits per heavy atom. The van der Waals surface area contributed by atoms with Crippen LogP contribution in [0.5, 0.6) is 5.75 Å². The van der Waals surface area contributed by atoms with E-state index in [2.05, 4.69) is 5.32 Å². The predicted molar refractivity (Wildman–Crippen MR) is 57.1 cm³/mol. The Labute approximate surface area is 124 Å². The number of hydrogen-bond donors (Lipinski definition) is 1. The molecule has 0 aliphatic carbocycles. The van der Waals surface area contributed by atoms with Crippen LogP contribution in [0, 0.1) is 0 Å². The molecule has 0 radical (unpaired) electrons. The van der Waals surface area contributed by atoms with E-state index >= 15 is 0 Å². The van der Waals surface area contributed by atoms with Crippen LogP contribution in [0.15, 0.2) is 17.0 Å². The predicted octanol–water partition coefficient (Wildman–Crippen LogP) is -2.18. The number of benzene rings is 1. The second-order valence-corrected chi connectivity index (χ2v) is 4.35. The molecule has 17 heavy (non-hydrogen) atoms. The number of ether oxygens (including phenoxy) is 1. The molecule has 1 aromatic rings. The van der Waals surface area contributed by atoms with E-state index in [0.717, 1.165) is 5.56 Å². The van der Waals surface area contributed by atoms with Gasteiger partial charge in [0.25, 0.3) is 0 Å². The molecule has 0 saturated carbocycles. The number of aryl methyl sites for hydroxylation is 1. The fraction of sp³-hybridized carbons (Fsp3) is 0.300. The van der Waals surface area contributed by atoms with Crippen molar-refractivity contribution in [2.24, 2.45) is 0 Å². The first kappa shape index (κ1) is 14.7. The summed E-state index contributed by atoms with van der Waals surface area (Å²) in [4.78, 5) is 11.2. The molecule has 2 rings (SSSR count). The molecule has 0 fully saturated rings. The second kappa shape index (κ2) is 5.97. The maximum absolute atomic E-state index is 11.2. The van der Waals surface area contributed by atoms with Crippen LogP contribution in [0.2, 0.25) is 0 Å². The Bertz CT molecular complexity index is 478. The van der Waals surface area contributed by atoms with Gasteiger partial charge in [0.1, 0.15) is 5.75 Å². The molecule has 1 aliphatic rings. The molecule has 1 heterocycles. The SMILES string of the molecule is COc1cc2c(cc1S(=O)[O-])NC(=O)CC2.[Na+]. The summed E-state index contributed by atoms with van der Waals surface area (Å²) in [5.41, 5.74) is 1.45. The van der Waals surface area contributed by atoms with Gasteiger partial charge in [0.15, 0.2) is 0 Å². The van der Waals surface area contributed by atoms with Crippen molar-refractivity contribution >= 4 is 22.7 Å². The van der Waals surface area contributed by atoms with E-state index in [4.69, 9.17) is 4.74 Å². The number of rotatable bonds is 2. The van der Waals surface area contributed by atoms with Crippen molar-refractivity contribution in [3.8, 4) is 5.75 Å². The molecule has 1 aliphatic heterocycles. The number of carbonyl (C=O) groups is 1. The van der Waals surface area contributed by atoms with Crippen LogP contribution < -0.4 is 39.6 Å². The second-order valence-electron chi connectivity index (χ2n) is 3.44. The summed E-state index contributed by atoms with van der Waals surface area (Å²) in [5, 5.41) is 2.64. The molecule has 1 aromatic carbocycles. The molecule has 86 valence electrons. The van der Waals surface area contributed by atoms with Crippen LogP contribution >= 0.6 is 0 Å². The third-order valence-corrected chi connectivity index (χ3v) is 3.14. The molecule has 0 saturated heterocycles. The van der Waals surface area contributed by atoms with Crippen LogP contribution in [-0.4, -0.2) is 21.8 Å². The smallest absolute Gasteiger partial charge is 0.768 e. The third kappa shape index (κ3) is 3.08. The molecule has 1 unspecified atom stereocenters. The minimum absolute atomic E-state index is 0. The summed E-state index contributed by atoms with van der Waals surface area (Å²) in [6.45, 7) is 0. The number of amides is 1. The number of fused-ring (bicyclic) bond motifs is 1. The molecule has 0 aromatic heterocycles. The van der Waals surface area contributed by atoms with Gasteiger partial charge in [0.2, 0.25) is 5.91 Å². The van der Waals surface area contributed by atoms with Crippen molar-refractivity contribution in [1.29, 1.82) is 0 Å². The first-order valence-corrected chi connectivity index (χ1v) is 5.79. The van der Waals surface area contributed by atoms with Gasteiger partial charge >= 0.3 is 29.6 Å². The van der Waals surface area contributed by atoms with Gasteiger partial charge in [-0.05, 0) is 35.2 Å². The fourth-order valence-corrected chi connectivity index (χ4v) is 2.20. The van der Waals surface area contributed by atoms with Gasteiger partial charge in [0, 0.05) is 12.1 Å². The van der Waals surface area contributed by atoms with Crippen molar-refractivity contribution in [1.82, 2.24) is 0 Å². The molecular weight excluding hydrogens is 253 g/mol. The van der Waals surface area contributed by atoms with Gasteiger partial charge in [-0.25, -0.2) is 0 Å². The molecule has 5 nitrogen and oxygen atoms in total. The Hall–Kier alpha value is -0.400. The Balaban J connectivity index is 0.00000144. The topological polar surface area (TPSA) is 78.5 Å². The Morgan fingerprint density at radius 3 is 2.71 bits per heavy atom. The van der Waals surface area contributed by atoms with E-state index in [1.54, 1.807) is 6.07 Å². The molecule has 7 heteroatoms. The van der Waals surface area contributed by atoms with Crippen LogP contribution in [0.4, 0.5) is 5.69 Å². The quantitative estimate of drug-likeness (QED) is 0.486. The zero-order chi connectivity index (χ0) is 11.7. The number of carbonyl (C=O) groups excluding carboxylic acids is 1. The van der Waals surface area contributed by atoms with E-state index in [1.807, 2.05) is 0 Å². The molecule has 1 atom stereocenters. The number of methoxy groups -OCH3 is 1. The van der Waals surface area contributed by atoms with Gasteiger partial charge in [-0.2, -0.15) is 0 Å². The van der Waals surface area contributed by atoms with Gasteiger partial charge in [-0.15, -0.1) is 0 Å². The largest absolute Gasteiger partial charge is 1.00 e. The fourth-order valence-electron chi connectivity index (χ4n) is 1.68. The Kier molecular flexibility index (Phi) is 5.15. The zero-order valence-electron chi connectivity index (χ0n) is 9.61. The Morgan fingerprint density at radius 2 is 2.12 bits per heavy atom. The van der Waals surface area contributed by atoms with Crippen LogP contribution in [0.1, 0.15) is 12.0 Å². The molecule has 0 bridgehead atoms. The van der Waals surface area contributed by atoms with Crippen molar-refractivity contribution in [3.63, 3.8) is 0 Å². The molecule has 1 amide bonds. The van der Waals surface area contributed by atoms with Gasteiger partial charge in [-0.1, -0.05) is 0 Å². The van der Waals surface area contributed by atoms with Gasteiger partial charge < -0.3 is 14.6 Å². The molecular formula is C10H10NNaO4S. The molecule has 1 N–H and O–H groups in total. The summed E-state index contributed by atoms with van der Waals surface area (Å²) in [6, 6.07) is 3.08. The van der Waals surface area contributed by atoms with Gasteiger partial charge in [0.05, 0.1) is 12.0 Å². The van der Waals surface area contributed by atoms with Crippen molar-refractivity contribution in [2.75, 3.05) is 12.4 Å². The van der Waals surface area contributed by atoms with Gasteiger partial charge in [-0.3, -0.25) is 9.00 Å². The van der Waals surface area contributed by atoms with Crippen LogP contribution in [0.25, 0.3) is 0 Å². The van der Waals surface area contributed by atoms with E-state index in [9.17, 15) is 13.6 Å². The average molecular weight is 263 g/mol. The maximum atomic E-state index is 11.2. The standard InChI is InChI=1S/C10H11NO4S.Na/c1-15-8-4-6-2-3-10(12)11-7(6)5-9(8)16(13)14;/h4-5H,2-3H2,1H3,(H,11,12)(H,13,14);/q;+1/p-1. The average Bonchev–Trinajstić information content (AvgIpc) is 2.27. The van der Waals surface area contributed by atoms with E-state index < -0.39 is 11.1 Å². The monoisotopic (exact) mass is 263 g/mol. The summed E-state index contributed by atoms with van der Waals surface area (Å²) in [7, 11) is 1.42. The van der Waals surface area contributed by atoms with Crippen molar-refractivity contribution in [3.05, 3.63) is 17.7 Å². The van der Waals surface area contributed by atoms with E-state index in [-0.39, 0.29) is 40.4 Å². The number of nitrogens with one attached hydrogen (secondary N) is 1. The minimum atomic E-state index is -2.38. The van der Waals surface area contributed by atoms with E-state index in [1.165, 1.54) is 13.2 Å². The normalized spacial score (nSPS) is 15.3. The van der Waals surface area contributed by atoms with Crippen molar-refractivity contribution < 1.29 is 47.9 Å². The summed E-state index contributed by atoms with van der Waals surface area (Å²) < 4.78 is 26.9. The minimum Gasteiger partial charge on any atom is -0.768 e. The summed E-state index contributed by atoms with van der Waals surface area (Å²) in [5.74, 6) is 0.212. The summed E-state index contributed by atoms with van der Waals surface area (Å²) in [6.07, 6.45) is 1.01. The number of hydrogen-bond acceptors (Lipinski definition) is 4. The maximum Gasteiger partial charge on any atom is 1.00 e.